The Balaban J connectivity index is 1.23. The molecule has 0 spiro atoms. The molecule has 446 valence electrons. The van der Waals surface area contributed by atoms with Crippen LogP contribution in [0.5, 0.6) is 0 Å². The van der Waals surface area contributed by atoms with E-state index in [1.807, 2.05) is 44.7 Å². The summed E-state index contributed by atoms with van der Waals surface area (Å²) in [6, 6.07) is 5.14. The van der Waals surface area contributed by atoms with Gasteiger partial charge in [0.2, 0.25) is 0 Å². The van der Waals surface area contributed by atoms with Gasteiger partial charge in [0.1, 0.15) is 30.6 Å². The number of ether oxygens (including phenoxy) is 6. The Morgan fingerprint density at radius 1 is 0.962 bits per heavy atom. The van der Waals surface area contributed by atoms with Crippen molar-refractivity contribution in [2.75, 3.05) is 46.7 Å². The largest absolute Gasteiger partial charge is 0.459 e. The average Bonchev–Trinajstić information content (AvgIpc) is 3.91. The second-order valence-electron chi connectivity index (χ2n) is 24.6. The van der Waals surface area contributed by atoms with Crippen molar-refractivity contribution in [2.24, 2.45) is 23.7 Å². The molecule has 21 heteroatoms. The van der Waals surface area contributed by atoms with Gasteiger partial charge in [-0.3, -0.25) is 4.79 Å². The molecule has 19 nitrogen and oxygen atoms in total. The fourth-order valence-electron chi connectivity index (χ4n) is 12.1. The third kappa shape index (κ3) is 15.9. The molecule has 3 aliphatic heterocycles. The maximum absolute atomic E-state index is 14.6. The molecule has 0 unspecified atom stereocenters. The van der Waals surface area contributed by atoms with E-state index in [-0.39, 0.29) is 60.6 Å². The van der Waals surface area contributed by atoms with Crippen LogP contribution in [0, 0.1) is 23.7 Å². The van der Waals surface area contributed by atoms with Crippen molar-refractivity contribution in [1.29, 1.82) is 0 Å². The number of likely N-dealkylation sites (N-methyl/N-ethyl adjacent to an activating group) is 2. The molecule has 0 radical (unpaired) electrons. The highest BCUT2D eigenvalue weighted by Crippen LogP contribution is 2.40. The van der Waals surface area contributed by atoms with E-state index < -0.39 is 125 Å². The number of esters is 1. The summed E-state index contributed by atoms with van der Waals surface area (Å²) in [5.41, 5.74) is -2.93. The highest BCUT2D eigenvalue weighted by Gasteiger charge is 2.52. The van der Waals surface area contributed by atoms with E-state index in [0.29, 0.717) is 38.0 Å². The predicted octanol–water partition coefficient (Wildman–Crippen LogP) is 5.21. The number of benzene rings is 1. The van der Waals surface area contributed by atoms with Gasteiger partial charge in [-0.1, -0.05) is 44.5 Å². The summed E-state index contributed by atoms with van der Waals surface area (Å²) < 4.78 is 80.5. The molecule has 0 amide bonds. The number of aliphatic hydroxyl groups is 5. The summed E-state index contributed by atoms with van der Waals surface area (Å²) in [6.45, 7) is 18.1. The van der Waals surface area contributed by atoms with Crippen molar-refractivity contribution < 1.29 is 71.6 Å². The van der Waals surface area contributed by atoms with Crippen LogP contribution in [-0.2, 0) is 55.9 Å². The van der Waals surface area contributed by atoms with Gasteiger partial charge in [-0.15, -0.1) is 5.10 Å². The van der Waals surface area contributed by atoms with Crippen molar-refractivity contribution in [3.05, 3.63) is 41.7 Å². The number of carbonyl (C=O) groups is 1. The first-order chi connectivity index (χ1) is 36.5. The van der Waals surface area contributed by atoms with E-state index >= 15 is 0 Å². The van der Waals surface area contributed by atoms with Gasteiger partial charge in [0.05, 0.1) is 70.0 Å². The first-order valence-corrected chi connectivity index (χ1v) is 30.2. The molecule has 3 saturated heterocycles. The SMILES string of the molecule is CC[C@H]1OC(=O)[C@H](C)[C@@H](O[C@H]2C[C@@](C)(OC)[C@@H](O)[C@H](C)O2)[C@H](C)[C@@H](O[C@@H]2O[C@H](C)C[C@H](N(C)CCc3cn([C@H](CF)Cc4ccc(S(=O)(=O)CC5CCC5)cc4)nn3)[C@H]2O)[C@](C)(O)CC[C@@H](C)CN(C)[C@H](C)[C@@H](O)C[C@]1(C)O. The number of aromatic nitrogens is 3. The fraction of sp³-hybridized carbons (Fsp3) is 0.842. The molecule has 2 aromatic rings. The predicted molar refractivity (Wildman–Crippen MR) is 291 cm³/mol. The monoisotopic (exact) mass is 1130 g/mol. The van der Waals surface area contributed by atoms with Gasteiger partial charge in [-0.05, 0) is 137 Å². The molecule has 1 aromatic carbocycles. The maximum Gasteiger partial charge on any atom is 0.311 e. The van der Waals surface area contributed by atoms with Gasteiger partial charge < -0.3 is 63.8 Å². The minimum Gasteiger partial charge on any atom is -0.459 e. The summed E-state index contributed by atoms with van der Waals surface area (Å²) in [7, 11) is 1.89. The number of aliphatic hydroxyl groups excluding tert-OH is 3. The Bertz CT molecular complexity index is 2310. The molecule has 1 aromatic heterocycles. The number of methoxy groups -OCH3 is 1. The van der Waals surface area contributed by atoms with Crippen LogP contribution in [0.15, 0.2) is 35.4 Å². The normalized spacial score (nSPS) is 39.1. The van der Waals surface area contributed by atoms with Gasteiger partial charge >= 0.3 is 5.97 Å². The van der Waals surface area contributed by atoms with Crippen molar-refractivity contribution in [3.63, 3.8) is 0 Å². The van der Waals surface area contributed by atoms with Crippen LogP contribution in [0.3, 0.4) is 0 Å². The Morgan fingerprint density at radius 2 is 1.64 bits per heavy atom. The quantitative estimate of drug-likeness (QED) is 0.128. The van der Waals surface area contributed by atoms with Crippen LogP contribution < -0.4 is 0 Å². The smallest absolute Gasteiger partial charge is 0.311 e. The van der Waals surface area contributed by atoms with E-state index in [4.69, 9.17) is 28.4 Å². The molecule has 0 bridgehead atoms. The number of cyclic esters (lactones) is 1. The third-order valence-corrected chi connectivity index (χ3v) is 19.8. The maximum atomic E-state index is 14.6. The lowest BCUT2D eigenvalue weighted by Gasteiger charge is -2.48. The second-order valence-corrected chi connectivity index (χ2v) is 26.7. The third-order valence-electron chi connectivity index (χ3n) is 17.9. The first kappa shape index (κ1) is 64.4. The molecule has 5 N–H and O–H groups in total. The average molecular weight is 1130 g/mol. The highest BCUT2D eigenvalue weighted by molar-refractivity contribution is 7.91. The van der Waals surface area contributed by atoms with Crippen LogP contribution in [0.2, 0.25) is 0 Å². The molecule has 4 heterocycles. The van der Waals surface area contributed by atoms with E-state index in [2.05, 4.69) is 17.2 Å². The minimum absolute atomic E-state index is 0.0168. The molecule has 78 heavy (non-hydrogen) atoms. The van der Waals surface area contributed by atoms with Crippen LogP contribution in [0.4, 0.5) is 4.39 Å². The van der Waals surface area contributed by atoms with Gasteiger partial charge in [-0.25, -0.2) is 17.5 Å². The van der Waals surface area contributed by atoms with Gasteiger partial charge in [-0.2, -0.15) is 0 Å². The Hall–Kier alpha value is -2.77. The van der Waals surface area contributed by atoms with E-state index in [9.17, 15) is 43.1 Å². The number of hydrogen-bond donors (Lipinski definition) is 5. The molecule has 4 aliphatic rings. The van der Waals surface area contributed by atoms with Gasteiger partial charge in [0, 0.05) is 63.7 Å². The number of rotatable bonds is 17. The molecule has 6 rings (SSSR count). The summed E-state index contributed by atoms with van der Waals surface area (Å²) in [5.74, 6) is -2.23. The summed E-state index contributed by atoms with van der Waals surface area (Å²) in [5, 5.41) is 68.3. The van der Waals surface area contributed by atoms with Crippen molar-refractivity contribution in [1.82, 2.24) is 24.8 Å². The van der Waals surface area contributed by atoms with Gasteiger partial charge in [0.25, 0.3) is 0 Å². The highest BCUT2D eigenvalue weighted by atomic mass is 32.2. The zero-order valence-electron chi connectivity index (χ0n) is 48.7. The number of carbonyl (C=O) groups excluding carboxylic acids is 1. The zero-order chi connectivity index (χ0) is 57.7. The van der Waals surface area contributed by atoms with Crippen molar-refractivity contribution in [3.8, 4) is 0 Å². The molecule has 1 saturated carbocycles. The topological polar surface area (TPSA) is 245 Å². The Morgan fingerprint density at radius 3 is 2.26 bits per heavy atom. The number of nitrogens with zero attached hydrogens (tertiary/aromatic N) is 5. The first-order valence-electron chi connectivity index (χ1n) is 28.6. The lowest BCUT2D eigenvalue weighted by molar-refractivity contribution is -0.318. The summed E-state index contributed by atoms with van der Waals surface area (Å²) >= 11 is 0. The van der Waals surface area contributed by atoms with Crippen LogP contribution in [0.1, 0.15) is 144 Å². The molecular formula is C57H96FN5O14S. The van der Waals surface area contributed by atoms with Crippen LogP contribution in [-0.4, -0.2) is 202 Å². The van der Waals surface area contributed by atoms with Crippen molar-refractivity contribution in [2.45, 2.75) is 241 Å². The lowest BCUT2D eigenvalue weighted by atomic mass is 9.78. The summed E-state index contributed by atoms with van der Waals surface area (Å²) in [4.78, 5) is 18.9. The number of sulfone groups is 1. The standard InChI is InChI=1S/C57H96FN5O14S/c1-14-47-56(9,69)28-46(64)38(6)62(12)31-34(2)22-24-55(8,68)52(36(4)50(37(5)53(67)75-47)76-48-29-57(10,72-13)51(66)39(7)74-48)77-54-49(65)45(26-35(3)73-54)61(11)25-23-42-32-63(60-59-42)43(30-58)27-40-18-20-44(21-19-40)78(70,71)33-41-16-15-17-41/h18-21,32,34-39,41,43,45-52,54,64-66,68-69H,14-17,22-31,33H2,1-13H3/t34-,35-,36+,37-,38-,39+,43+,45+,46+,47-,48+,49-,50+,51+,52-,54+,55-,56+,57-/m1/s1. The van der Waals surface area contributed by atoms with Crippen LogP contribution >= 0.6 is 0 Å². The Labute approximate surface area is 463 Å². The van der Waals surface area contributed by atoms with E-state index in [1.54, 1.807) is 72.0 Å². The summed E-state index contributed by atoms with van der Waals surface area (Å²) in [6.07, 6.45) is -3.06. The Kier molecular flexibility index (Phi) is 22.4. The number of alkyl halides is 1. The molecular weight excluding hydrogens is 1030 g/mol. The zero-order valence-corrected chi connectivity index (χ0v) is 49.6. The molecule has 1 aliphatic carbocycles. The number of hydrogen-bond acceptors (Lipinski definition) is 18. The van der Waals surface area contributed by atoms with E-state index in [1.165, 1.54) is 11.8 Å². The van der Waals surface area contributed by atoms with Crippen molar-refractivity contribution >= 4 is 15.8 Å². The number of halogens is 1. The lowest BCUT2D eigenvalue weighted by Crippen LogP contribution is -2.60. The fourth-order valence-corrected chi connectivity index (χ4v) is 13.8. The minimum atomic E-state index is -3.39. The molecule has 19 atom stereocenters. The van der Waals surface area contributed by atoms with E-state index in [0.717, 1.165) is 24.8 Å². The van der Waals surface area contributed by atoms with Gasteiger partial charge in [0.15, 0.2) is 22.4 Å². The van der Waals surface area contributed by atoms with Crippen LogP contribution in [0.25, 0.3) is 0 Å². The second kappa shape index (κ2) is 27.1. The molecule has 4 fully saturated rings.